The number of hydrogen-bond acceptors (Lipinski definition) is 5. The summed E-state index contributed by atoms with van der Waals surface area (Å²) in [5.41, 5.74) is 1.35. The van der Waals surface area contributed by atoms with Crippen molar-refractivity contribution in [3.05, 3.63) is 48.8 Å². The SMILES string of the molecule is O=C(CCc1cncnc1)N1CCCC2(CCN(c3cccnc3)C2=O)C1. The van der Waals surface area contributed by atoms with Crippen molar-refractivity contribution < 1.29 is 9.59 Å². The van der Waals surface area contributed by atoms with E-state index in [1.54, 1.807) is 24.8 Å². The third-order valence-electron chi connectivity index (χ3n) is 5.64. The van der Waals surface area contributed by atoms with Crippen LogP contribution in [0.4, 0.5) is 5.69 Å². The number of pyridine rings is 1. The third kappa shape index (κ3) is 3.54. The van der Waals surface area contributed by atoms with Crippen LogP contribution in [-0.2, 0) is 16.0 Å². The summed E-state index contributed by atoms with van der Waals surface area (Å²) in [5, 5.41) is 0. The zero-order valence-corrected chi connectivity index (χ0v) is 15.3. The minimum absolute atomic E-state index is 0.102. The summed E-state index contributed by atoms with van der Waals surface area (Å²) < 4.78 is 0. The molecule has 0 N–H and O–H groups in total. The van der Waals surface area contributed by atoms with Gasteiger partial charge in [-0.25, -0.2) is 9.97 Å². The number of carbonyl (C=O) groups is 2. The molecule has 1 unspecified atom stereocenters. The quantitative estimate of drug-likeness (QED) is 0.826. The lowest BCUT2D eigenvalue weighted by Gasteiger charge is -2.39. The van der Waals surface area contributed by atoms with Gasteiger partial charge >= 0.3 is 0 Å². The molecule has 7 nitrogen and oxygen atoms in total. The number of rotatable bonds is 4. The Morgan fingerprint density at radius 1 is 1.11 bits per heavy atom. The summed E-state index contributed by atoms with van der Waals surface area (Å²) in [7, 11) is 0. The Morgan fingerprint density at radius 2 is 1.96 bits per heavy atom. The minimum atomic E-state index is -0.445. The van der Waals surface area contributed by atoms with E-state index in [0.717, 1.165) is 37.1 Å². The molecule has 4 heterocycles. The zero-order valence-electron chi connectivity index (χ0n) is 15.3. The Kier molecular flexibility index (Phi) is 4.83. The monoisotopic (exact) mass is 365 g/mol. The van der Waals surface area contributed by atoms with Crippen LogP contribution < -0.4 is 4.90 Å². The first-order chi connectivity index (χ1) is 13.2. The maximum atomic E-state index is 13.2. The standard InChI is InChI=1S/C20H23N5O2/c26-18(5-4-16-11-22-15-23-12-16)24-9-2-6-20(14-24)7-10-25(19(20)27)17-3-1-8-21-13-17/h1,3,8,11-13,15H,2,4-7,9-10,14H2. The molecule has 1 spiro atoms. The van der Waals surface area contributed by atoms with Gasteiger partial charge in [0.1, 0.15) is 6.33 Å². The normalized spacial score (nSPS) is 22.4. The fourth-order valence-corrected chi connectivity index (χ4v) is 4.17. The highest BCUT2D eigenvalue weighted by Gasteiger charge is 2.49. The van der Waals surface area contributed by atoms with E-state index in [1.807, 2.05) is 21.9 Å². The first kappa shape index (κ1) is 17.6. The molecule has 2 amide bonds. The molecular formula is C20H23N5O2. The number of carbonyl (C=O) groups excluding carboxylic acids is 2. The van der Waals surface area contributed by atoms with Crippen molar-refractivity contribution in [1.82, 2.24) is 19.9 Å². The second kappa shape index (κ2) is 7.42. The first-order valence-electron chi connectivity index (χ1n) is 9.42. The maximum Gasteiger partial charge on any atom is 0.235 e. The molecule has 0 saturated carbocycles. The van der Waals surface area contributed by atoms with Crippen LogP contribution in [0.3, 0.4) is 0 Å². The van der Waals surface area contributed by atoms with Gasteiger partial charge < -0.3 is 9.80 Å². The van der Waals surface area contributed by atoms with E-state index in [4.69, 9.17) is 0 Å². The number of amides is 2. The van der Waals surface area contributed by atoms with Crippen LogP contribution in [0.2, 0.25) is 0 Å². The fourth-order valence-electron chi connectivity index (χ4n) is 4.17. The summed E-state index contributed by atoms with van der Waals surface area (Å²) in [4.78, 5) is 41.7. The molecule has 2 aliphatic rings. The Balaban J connectivity index is 1.42. The van der Waals surface area contributed by atoms with Gasteiger partial charge in [-0.15, -0.1) is 0 Å². The topological polar surface area (TPSA) is 79.3 Å². The molecule has 2 saturated heterocycles. The van der Waals surface area contributed by atoms with Gasteiger partial charge in [0.05, 0.1) is 17.3 Å². The molecule has 0 aliphatic carbocycles. The molecule has 0 radical (unpaired) electrons. The molecular weight excluding hydrogens is 342 g/mol. The van der Waals surface area contributed by atoms with E-state index in [9.17, 15) is 9.59 Å². The Bertz CT molecular complexity index is 814. The smallest absolute Gasteiger partial charge is 0.235 e. The van der Waals surface area contributed by atoms with E-state index in [-0.39, 0.29) is 11.8 Å². The van der Waals surface area contributed by atoms with Gasteiger partial charge in [-0.2, -0.15) is 0 Å². The number of hydrogen-bond donors (Lipinski definition) is 0. The molecule has 2 aromatic rings. The lowest BCUT2D eigenvalue weighted by atomic mass is 9.78. The number of likely N-dealkylation sites (tertiary alicyclic amines) is 1. The van der Waals surface area contributed by atoms with Gasteiger partial charge in [0, 0.05) is 44.6 Å². The molecule has 1 atom stereocenters. The van der Waals surface area contributed by atoms with Crippen LogP contribution in [0.1, 0.15) is 31.2 Å². The number of aromatic nitrogens is 3. The minimum Gasteiger partial charge on any atom is -0.342 e. The van der Waals surface area contributed by atoms with Gasteiger partial charge in [0.25, 0.3) is 0 Å². The molecule has 2 fully saturated rings. The van der Waals surface area contributed by atoms with Crippen molar-refractivity contribution in [2.45, 2.75) is 32.1 Å². The van der Waals surface area contributed by atoms with Crippen molar-refractivity contribution in [2.75, 3.05) is 24.5 Å². The summed E-state index contributed by atoms with van der Waals surface area (Å²) in [6.07, 6.45) is 11.9. The average Bonchev–Trinajstić information content (AvgIpc) is 3.03. The van der Waals surface area contributed by atoms with Gasteiger partial charge in [0.2, 0.25) is 11.8 Å². The van der Waals surface area contributed by atoms with Crippen LogP contribution in [0.5, 0.6) is 0 Å². The average molecular weight is 365 g/mol. The summed E-state index contributed by atoms with van der Waals surface area (Å²) in [6.45, 7) is 1.94. The van der Waals surface area contributed by atoms with Crippen molar-refractivity contribution in [3.63, 3.8) is 0 Å². The molecule has 0 bridgehead atoms. The molecule has 0 aromatic carbocycles. The van der Waals surface area contributed by atoms with Crippen LogP contribution >= 0.6 is 0 Å². The highest BCUT2D eigenvalue weighted by Crippen LogP contribution is 2.41. The van der Waals surface area contributed by atoms with Crippen LogP contribution in [0.25, 0.3) is 0 Å². The highest BCUT2D eigenvalue weighted by atomic mass is 16.2. The van der Waals surface area contributed by atoms with E-state index in [1.165, 1.54) is 6.33 Å². The molecule has 2 aromatic heterocycles. The molecule has 140 valence electrons. The van der Waals surface area contributed by atoms with Gasteiger partial charge in [-0.3, -0.25) is 14.6 Å². The number of nitrogens with zero attached hydrogens (tertiary/aromatic N) is 5. The number of aryl methyl sites for hydroxylation is 1. The Labute approximate surface area is 158 Å². The molecule has 27 heavy (non-hydrogen) atoms. The third-order valence-corrected chi connectivity index (χ3v) is 5.64. The second-order valence-electron chi connectivity index (χ2n) is 7.36. The predicted octanol–water partition coefficient (Wildman–Crippen LogP) is 1.85. The lowest BCUT2D eigenvalue weighted by Crippen LogP contribution is -2.50. The largest absolute Gasteiger partial charge is 0.342 e. The Hall–Kier alpha value is -2.83. The Morgan fingerprint density at radius 3 is 2.74 bits per heavy atom. The second-order valence-corrected chi connectivity index (χ2v) is 7.36. The van der Waals surface area contributed by atoms with E-state index < -0.39 is 5.41 Å². The highest BCUT2D eigenvalue weighted by molar-refractivity contribution is 6.00. The fraction of sp³-hybridized carbons (Fsp3) is 0.450. The summed E-state index contributed by atoms with van der Waals surface area (Å²) >= 11 is 0. The molecule has 2 aliphatic heterocycles. The number of anilines is 1. The van der Waals surface area contributed by atoms with Crippen molar-refractivity contribution >= 4 is 17.5 Å². The van der Waals surface area contributed by atoms with Crippen molar-refractivity contribution in [3.8, 4) is 0 Å². The van der Waals surface area contributed by atoms with E-state index in [0.29, 0.717) is 25.9 Å². The number of piperidine rings is 1. The zero-order chi connectivity index (χ0) is 18.7. The van der Waals surface area contributed by atoms with Gasteiger partial charge in [-0.05, 0) is 43.4 Å². The van der Waals surface area contributed by atoms with Crippen molar-refractivity contribution in [2.24, 2.45) is 5.41 Å². The summed E-state index contributed by atoms with van der Waals surface area (Å²) in [6, 6.07) is 3.76. The van der Waals surface area contributed by atoms with Gasteiger partial charge in [0.15, 0.2) is 0 Å². The van der Waals surface area contributed by atoms with E-state index in [2.05, 4.69) is 15.0 Å². The predicted molar refractivity (Wildman–Crippen MR) is 99.8 cm³/mol. The van der Waals surface area contributed by atoms with Crippen LogP contribution in [0.15, 0.2) is 43.2 Å². The molecule has 4 rings (SSSR count). The lowest BCUT2D eigenvalue weighted by molar-refractivity contribution is -0.138. The van der Waals surface area contributed by atoms with Gasteiger partial charge in [-0.1, -0.05) is 0 Å². The van der Waals surface area contributed by atoms with Crippen molar-refractivity contribution in [1.29, 1.82) is 0 Å². The van der Waals surface area contributed by atoms with Crippen LogP contribution in [-0.4, -0.2) is 51.3 Å². The van der Waals surface area contributed by atoms with E-state index >= 15 is 0 Å². The summed E-state index contributed by atoms with van der Waals surface area (Å²) in [5.74, 6) is 0.231. The molecule has 7 heteroatoms. The first-order valence-corrected chi connectivity index (χ1v) is 9.42. The van der Waals surface area contributed by atoms with Crippen LogP contribution in [0, 0.1) is 5.41 Å². The maximum absolute atomic E-state index is 13.2.